The molecule has 2 rings (SSSR count). The largest absolute Gasteiger partial charge is 0.387 e. The molecule has 1 saturated carbocycles. The molecule has 14 heavy (non-hydrogen) atoms. The van der Waals surface area contributed by atoms with Crippen LogP contribution in [0.1, 0.15) is 31.6 Å². The van der Waals surface area contributed by atoms with Crippen LogP contribution in [0.15, 0.2) is 5.38 Å². The van der Waals surface area contributed by atoms with Crippen LogP contribution in [0.5, 0.6) is 0 Å². The molecule has 0 aromatic carbocycles. The SMILES string of the molecule is CC(O)c1csc(NC(=O)C2CC2)n1. The van der Waals surface area contributed by atoms with Crippen molar-refractivity contribution < 1.29 is 9.90 Å². The minimum absolute atomic E-state index is 0.0523. The zero-order valence-electron chi connectivity index (χ0n) is 7.86. The molecule has 0 bridgehead atoms. The number of nitrogens with one attached hydrogen (secondary N) is 1. The Balaban J connectivity index is 1.98. The van der Waals surface area contributed by atoms with Crippen molar-refractivity contribution in [2.75, 3.05) is 5.32 Å². The molecule has 5 heteroatoms. The molecule has 1 aliphatic carbocycles. The normalized spacial score (nSPS) is 17.9. The number of hydrogen-bond donors (Lipinski definition) is 2. The van der Waals surface area contributed by atoms with E-state index in [4.69, 9.17) is 0 Å². The molecule has 76 valence electrons. The van der Waals surface area contributed by atoms with Gasteiger partial charge in [-0.2, -0.15) is 0 Å². The smallest absolute Gasteiger partial charge is 0.229 e. The highest BCUT2D eigenvalue weighted by molar-refractivity contribution is 7.13. The summed E-state index contributed by atoms with van der Waals surface area (Å²) in [6, 6.07) is 0. The summed E-state index contributed by atoms with van der Waals surface area (Å²) in [4.78, 5) is 15.4. The number of aliphatic hydroxyl groups excluding tert-OH is 1. The van der Waals surface area contributed by atoms with Gasteiger partial charge in [0, 0.05) is 11.3 Å². The number of amides is 1. The van der Waals surface area contributed by atoms with E-state index in [9.17, 15) is 9.90 Å². The number of carbonyl (C=O) groups excluding carboxylic acids is 1. The predicted octanol–water partition coefficient (Wildman–Crippen LogP) is 1.54. The summed E-state index contributed by atoms with van der Waals surface area (Å²) in [5.74, 6) is 0.241. The molecule has 1 atom stereocenters. The molecule has 0 aliphatic heterocycles. The van der Waals surface area contributed by atoms with Crippen molar-refractivity contribution in [3.8, 4) is 0 Å². The first-order valence-electron chi connectivity index (χ1n) is 4.61. The van der Waals surface area contributed by atoms with E-state index < -0.39 is 6.10 Å². The van der Waals surface area contributed by atoms with E-state index in [1.54, 1.807) is 12.3 Å². The molecular formula is C9H12N2O2S. The number of aliphatic hydroxyl groups is 1. The van der Waals surface area contributed by atoms with Gasteiger partial charge in [-0.05, 0) is 19.8 Å². The van der Waals surface area contributed by atoms with Gasteiger partial charge in [0.05, 0.1) is 11.8 Å². The van der Waals surface area contributed by atoms with Crippen LogP contribution in [0.2, 0.25) is 0 Å². The molecule has 1 fully saturated rings. The number of anilines is 1. The summed E-state index contributed by atoms with van der Waals surface area (Å²) in [5, 5.41) is 14.3. The standard InChI is InChI=1S/C9H12N2O2S/c1-5(12)7-4-14-9(10-7)11-8(13)6-2-3-6/h4-6,12H,2-3H2,1H3,(H,10,11,13). The summed E-state index contributed by atoms with van der Waals surface area (Å²) in [7, 11) is 0. The lowest BCUT2D eigenvalue weighted by Gasteiger charge is -1.99. The fraction of sp³-hybridized carbons (Fsp3) is 0.556. The lowest BCUT2D eigenvalue weighted by atomic mass is 10.3. The maximum Gasteiger partial charge on any atom is 0.229 e. The number of aromatic nitrogens is 1. The van der Waals surface area contributed by atoms with Gasteiger partial charge in [-0.3, -0.25) is 4.79 Å². The summed E-state index contributed by atoms with van der Waals surface area (Å²) in [5.41, 5.74) is 0.612. The summed E-state index contributed by atoms with van der Waals surface area (Å²) in [6.45, 7) is 1.65. The molecule has 0 spiro atoms. The summed E-state index contributed by atoms with van der Waals surface area (Å²) >= 11 is 1.35. The van der Waals surface area contributed by atoms with Gasteiger partial charge in [0.25, 0.3) is 0 Å². The van der Waals surface area contributed by atoms with Gasteiger partial charge >= 0.3 is 0 Å². The van der Waals surface area contributed by atoms with Crippen molar-refractivity contribution in [1.82, 2.24) is 4.98 Å². The van der Waals surface area contributed by atoms with E-state index in [0.29, 0.717) is 10.8 Å². The Labute approximate surface area is 86.0 Å². The van der Waals surface area contributed by atoms with Crippen LogP contribution < -0.4 is 5.32 Å². The Hall–Kier alpha value is -0.940. The maximum absolute atomic E-state index is 11.3. The number of thiazole rings is 1. The Morgan fingerprint density at radius 3 is 3.00 bits per heavy atom. The summed E-state index contributed by atoms with van der Waals surface area (Å²) < 4.78 is 0. The van der Waals surface area contributed by atoms with Crippen molar-refractivity contribution in [2.45, 2.75) is 25.9 Å². The number of hydrogen-bond acceptors (Lipinski definition) is 4. The van der Waals surface area contributed by atoms with Crippen LogP contribution in [0.3, 0.4) is 0 Å². The monoisotopic (exact) mass is 212 g/mol. The summed E-state index contributed by atoms with van der Waals surface area (Å²) in [6.07, 6.45) is 1.40. The predicted molar refractivity (Wildman–Crippen MR) is 54.1 cm³/mol. The van der Waals surface area contributed by atoms with Crippen molar-refractivity contribution in [1.29, 1.82) is 0 Å². The molecule has 4 nitrogen and oxygen atoms in total. The van der Waals surface area contributed by atoms with Crippen LogP contribution in [0.4, 0.5) is 5.13 Å². The zero-order chi connectivity index (χ0) is 10.1. The lowest BCUT2D eigenvalue weighted by Crippen LogP contribution is -2.13. The molecule has 1 heterocycles. The van der Waals surface area contributed by atoms with Gasteiger partial charge in [0.2, 0.25) is 5.91 Å². The van der Waals surface area contributed by atoms with Crippen LogP contribution >= 0.6 is 11.3 Å². The van der Waals surface area contributed by atoms with Gasteiger partial charge in [0.15, 0.2) is 5.13 Å². The second-order valence-corrected chi connectivity index (χ2v) is 4.38. The van der Waals surface area contributed by atoms with E-state index in [2.05, 4.69) is 10.3 Å². The van der Waals surface area contributed by atoms with Gasteiger partial charge < -0.3 is 10.4 Å². The molecule has 1 aliphatic rings. The fourth-order valence-electron chi connectivity index (χ4n) is 1.09. The number of rotatable bonds is 3. The van der Waals surface area contributed by atoms with E-state index >= 15 is 0 Å². The van der Waals surface area contributed by atoms with Crippen molar-refractivity contribution in [3.05, 3.63) is 11.1 Å². The molecule has 1 unspecified atom stereocenters. The molecule has 0 saturated heterocycles. The van der Waals surface area contributed by atoms with E-state index in [1.165, 1.54) is 11.3 Å². The second kappa shape index (κ2) is 3.67. The van der Waals surface area contributed by atoms with E-state index in [-0.39, 0.29) is 11.8 Å². The molecule has 0 radical (unpaired) electrons. The van der Waals surface area contributed by atoms with Gasteiger partial charge in [0.1, 0.15) is 0 Å². The van der Waals surface area contributed by atoms with Crippen molar-refractivity contribution in [2.24, 2.45) is 5.92 Å². The fourth-order valence-corrected chi connectivity index (χ4v) is 1.89. The van der Waals surface area contributed by atoms with Gasteiger partial charge in [-0.15, -0.1) is 11.3 Å². The molecule has 1 amide bonds. The van der Waals surface area contributed by atoms with Crippen LogP contribution in [0.25, 0.3) is 0 Å². The first kappa shape index (κ1) is 9.61. The molecular weight excluding hydrogens is 200 g/mol. The quantitative estimate of drug-likeness (QED) is 0.799. The third-order valence-electron chi connectivity index (χ3n) is 2.13. The average molecular weight is 212 g/mol. The first-order valence-corrected chi connectivity index (χ1v) is 5.49. The molecule has 2 N–H and O–H groups in total. The Kier molecular flexibility index (Phi) is 2.52. The Morgan fingerprint density at radius 2 is 2.50 bits per heavy atom. The molecule has 1 aromatic rings. The van der Waals surface area contributed by atoms with Crippen molar-refractivity contribution in [3.63, 3.8) is 0 Å². The average Bonchev–Trinajstić information content (AvgIpc) is 2.87. The van der Waals surface area contributed by atoms with Crippen LogP contribution in [0, 0.1) is 5.92 Å². The highest BCUT2D eigenvalue weighted by Gasteiger charge is 2.30. The highest BCUT2D eigenvalue weighted by atomic mass is 32.1. The maximum atomic E-state index is 11.3. The third-order valence-corrected chi connectivity index (χ3v) is 2.90. The third kappa shape index (κ3) is 2.10. The lowest BCUT2D eigenvalue weighted by molar-refractivity contribution is -0.117. The second-order valence-electron chi connectivity index (χ2n) is 3.52. The van der Waals surface area contributed by atoms with Gasteiger partial charge in [-0.1, -0.05) is 0 Å². The van der Waals surface area contributed by atoms with Crippen molar-refractivity contribution >= 4 is 22.4 Å². The van der Waals surface area contributed by atoms with Gasteiger partial charge in [-0.25, -0.2) is 4.98 Å². The minimum atomic E-state index is -0.571. The van der Waals surface area contributed by atoms with Crippen LogP contribution in [-0.4, -0.2) is 16.0 Å². The first-order chi connectivity index (χ1) is 6.66. The number of carbonyl (C=O) groups is 1. The minimum Gasteiger partial charge on any atom is -0.387 e. The topological polar surface area (TPSA) is 62.2 Å². The Bertz CT molecular complexity index is 344. The van der Waals surface area contributed by atoms with E-state index in [1.807, 2.05) is 0 Å². The number of nitrogens with zero attached hydrogens (tertiary/aromatic N) is 1. The highest BCUT2D eigenvalue weighted by Crippen LogP contribution is 2.30. The Morgan fingerprint density at radius 1 is 1.79 bits per heavy atom. The van der Waals surface area contributed by atoms with Crippen LogP contribution in [-0.2, 0) is 4.79 Å². The molecule has 1 aromatic heterocycles. The van der Waals surface area contributed by atoms with E-state index in [0.717, 1.165) is 12.8 Å². The zero-order valence-corrected chi connectivity index (χ0v) is 8.67.